The highest BCUT2D eigenvalue weighted by Crippen LogP contribution is 2.26. The van der Waals surface area contributed by atoms with Gasteiger partial charge in [-0.05, 0) is 43.5 Å². The summed E-state index contributed by atoms with van der Waals surface area (Å²) in [7, 11) is 0. The van der Waals surface area contributed by atoms with Crippen LogP contribution < -0.4 is 5.73 Å². The van der Waals surface area contributed by atoms with Crippen LogP contribution in [0, 0.1) is 0 Å². The molecular formula is C15H23BrN2. The lowest BCUT2D eigenvalue weighted by atomic mass is 9.97. The Morgan fingerprint density at radius 2 is 2.22 bits per heavy atom. The average Bonchev–Trinajstić information content (AvgIpc) is 2.35. The molecule has 0 spiro atoms. The third-order valence-corrected chi connectivity index (χ3v) is 4.56. The zero-order valence-corrected chi connectivity index (χ0v) is 12.7. The first kappa shape index (κ1) is 13.9. The van der Waals surface area contributed by atoms with Gasteiger partial charge < -0.3 is 5.73 Å². The molecule has 1 aromatic rings. The highest BCUT2D eigenvalue weighted by molar-refractivity contribution is 9.10. The molecule has 0 amide bonds. The van der Waals surface area contributed by atoms with E-state index in [1.54, 1.807) is 0 Å². The van der Waals surface area contributed by atoms with E-state index in [9.17, 15) is 0 Å². The highest BCUT2D eigenvalue weighted by Gasteiger charge is 2.21. The number of piperidine rings is 1. The number of hydrogen-bond donors (Lipinski definition) is 1. The molecule has 1 aliphatic rings. The van der Waals surface area contributed by atoms with Gasteiger partial charge in [-0.3, -0.25) is 4.90 Å². The van der Waals surface area contributed by atoms with E-state index in [2.05, 4.69) is 33.8 Å². The fourth-order valence-corrected chi connectivity index (χ4v) is 3.36. The standard InChI is InChI=1S/C15H23BrN2/c1-2-5-14-6-3-4-9-18(14)11-12-7-8-13(17)10-15(12)16/h7-8,10,14H,2-6,9,11,17H2,1H3. The number of nitrogens with zero attached hydrogens (tertiary/aromatic N) is 1. The number of nitrogens with two attached hydrogens (primary N) is 1. The minimum absolute atomic E-state index is 0.771. The normalized spacial score (nSPS) is 21.1. The van der Waals surface area contributed by atoms with E-state index >= 15 is 0 Å². The summed E-state index contributed by atoms with van der Waals surface area (Å²) in [4.78, 5) is 2.64. The first-order valence-corrected chi connectivity index (χ1v) is 7.78. The molecule has 0 saturated carbocycles. The molecule has 1 heterocycles. The van der Waals surface area contributed by atoms with Crippen molar-refractivity contribution in [3.63, 3.8) is 0 Å². The van der Waals surface area contributed by atoms with E-state index in [1.807, 2.05) is 12.1 Å². The maximum Gasteiger partial charge on any atom is 0.0325 e. The number of rotatable bonds is 4. The maximum absolute atomic E-state index is 5.79. The third kappa shape index (κ3) is 3.48. The molecule has 0 aromatic heterocycles. The summed E-state index contributed by atoms with van der Waals surface area (Å²) < 4.78 is 1.14. The van der Waals surface area contributed by atoms with Crippen molar-refractivity contribution in [2.75, 3.05) is 12.3 Å². The van der Waals surface area contributed by atoms with E-state index in [0.717, 1.165) is 22.7 Å². The Morgan fingerprint density at radius 3 is 2.94 bits per heavy atom. The molecular weight excluding hydrogens is 288 g/mol. The topological polar surface area (TPSA) is 29.3 Å². The van der Waals surface area contributed by atoms with Crippen LogP contribution in [0.25, 0.3) is 0 Å². The molecule has 2 N–H and O–H groups in total. The van der Waals surface area contributed by atoms with Crippen molar-refractivity contribution in [3.05, 3.63) is 28.2 Å². The average molecular weight is 311 g/mol. The largest absolute Gasteiger partial charge is 0.399 e. The summed E-state index contributed by atoms with van der Waals surface area (Å²) in [5, 5.41) is 0. The number of nitrogen functional groups attached to an aromatic ring is 1. The molecule has 2 nitrogen and oxygen atoms in total. The molecule has 3 heteroatoms. The summed E-state index contributed by atoms with van der Waals surface area (Å²) in [6.45, 7) is 4.57. The maximum atomic E-state index is 5.79. The molecule has 2 rings (SSSR count). The first-order valence-electron chi connectivity index (χ1n) is 6.98. The molecule has 100 valence electrons. The number of anilines is 1. The van der Waals surface area contributed by atoms with Crippen LogP contribution in [-0.4, -0.2) is 17.5 Å². The number of hydrogen-bond acceptors (Lipinski definition) is 2. The Hall–Kier alpha value is -0.540. The number of benzene rings is 1. The van der Waals surface area contributed by atoms with Gasteiger partial charge in [-0.15, -0.1) is 0 Å². The molecule has 18 heavy (non-hydrogen) atoms. The van der Waals surface area contributed by atoms with Crippen molar-refractivity contribution in [2.24, 2.45) is 0 Å². The predicted octanol–water partition coefficient (Wildman–Crippen LogP) is 4.19. The van der Waals surface area contributed by atoms with Gasteiger partial charge in [0, 0.05) is 22.7 Å². The summed E-state index contributed by atoms with van der Waals surface area (Å²) in [6, 6.07) is 6.93. The van der Waals surface area contributed by atoms with Crippen LogP contribution in [0.15, 0.2) is 22.7 Å². The van der Waals surface area contributed by atoms with Crippen molar-refractivity contribution in [3.8, 4) is 0 Å². The minimum Gasteiger partial charge on any atom is -0.399 e. The molecule has 1 unspecified atom stereocenters. The zero-order chi connectivity index (χ0) is 13.0. The van der Waals surface area contributed by atoms with Gasteiger partial charge in [0.15, 0.2) is 0 Å². The van der Waals surface area contributed by atoms with Crippen LogP contribution >= 0.6 is 15.9 Å². The van der Waals surface area contributed by atoms with E-state index in [1.165, 1.54) is 44.2 Å². The van der Waals surface area contributed by atoms with Gasteiger partial charge in [0.05, 0.1) is 0 Å². The highest BCUT2D eigenvalue weighted by atomic mass is 79.9. The van der Waals surface area contributed by atoms with Gasteiger partial charge in [-0.1, -0.05) is 41.8 Å². The smallest absolute Gasteiger partial charge is 0.0325 e. The first-order chi connectivity index (χ1) is 8.70. The molecule has 1 aliphatic heterocycles. The Kier molecular flexibility index (Phi) is 5.07. The Morgan fingerprint density at radius 1 is 1.39 bits per heavy atom. The molecule has 1 aromatic carbocycles. The number of likely N-dealkylation sites (tertiary alicyclic amines) is 1. The van der Waals surface area contributed by atoms with Gasteiger partial charge in [0.1, 0.15) is 0 Å². The van der Waals surface area contributed by atoms with Gasteiger partial charge in [-0.25, -0.2) is 0 Å². The second-order valence-corrected chi connectivity index (χ2v) is 6.11. The quantitative estimate of drug-likeness (QED) is 0.845. The van der Waals surface area contributed by atoms with Crippen LogP contribution in [0.2, 0.25) is 0 Å². The predicted molar refractivity (Wildman–Crippen MR) is 81.5 cm³/mol. The van der Waals surface area contributed by atoms with Crippen LogP contribution in [-0.2, 0) is 6.54 Å². The van der Waals surface area contributed by atoms with Gasteiger partial charge in [-0.2, -0.15) is 0 Å². The van der Waals surface area contributed by atoms with Gasteiger partial charge in [0.2, 0.25) is 0 Å². The molecule has 1 atom stereocenters. The molecule has 0 radical (unpaired) electrons. The van der Waals surface area contributed by atoms with Crippen LogP contribution in [0.4, 0.5) is 5.69 Å². The lowest BCUT2D eigenvalue weighted by molar-refractivity contribution is 0.131. The lowest BCUT2D eigenvalue weighted by Crippen LogP contribution is -2.38. The molecule has 0 bridgehead atoms. The Bertz CT molecular complexity index is 390. The second-order valence-electron chi connectivity index (χ2n) is 5.26. The minimum atomic E-state index is 0.771. The summed E-state index contributed by atoms with van der Waals surface area (Å²) in [6.07, 6.45) is 6.70. The fourth-order valence-electron chi connectivity index (χ4n) is 2.84. The van der Waals surface area contributed by atoms with Crippen molar-refractivity contribution in [2.45, 2.75) is 51.6 Å². The van der Waals surface area contributed by atoms with Crippen LogP contribution in [0.5, 0.6) is 0 Å². The Labute approximate surface area is 119 Å². The van der Waals surface area contributed by atoms with Crippen LogP contribution in [0.3, 0.4) is 0 Å². The van der Waals surface area contributed by atoms with Gasteiger partial charge >= 0.3 is 0 Å². The fraction of sp³-hybridized carbons (Fsp3) is 0.600. The molecule has 1 saturated heterocycles. The number of halogens is 1. The second kappa shape index (κ2) is 6.58. The van der Waals surface area contributed by atoms with E-state index < -0.39 is 0 Å². The Balaban J connectivity index is 2.06. The van der Waals surface area contributed by atoms with Crippen molar-refractivity contribution < 1.29 is 0 Å². The van der Waals surface area contributed by atoms with Crippen molar-refractivity contribution in [1.82, 2.24) is 4.90 Å². The van der Waals surface area contributed by atoms with Crippen LogP contribution in [0.1, 0.15) is 44.6 Å². The van der Waals surface area contributed by atoms with E-state index in [-0.39, 0.29) is 0 Å². The third-order valence-electron chi connectivity index (χ3n) is 3.82. The zero-order valence-electron chi connectivity index (χ0n) is 11.2. The molecule has 1 fully saturated rings. The summed E-state index contributed by atoms with van der Waals surface area (Å²) in [5.41, 5.74) is 7.97. The monoisotopic (exact) mass is 310 g/mol. The molecule has 0 aliphatic carbocycles. The van der Waals surface area contributed by atoms with E-state index in [4.69, 9.17) is 5.73 Å². The lowest BCUT2D eigenvalue weighted by Gasteiger charge is -2.36. The summed E-state index contributed by atoms with van der Waals surface area (Å²) in [5.74, 6) is 0. The van der Waals surface area contributed by atoms with Crippen molar-refractivity contribution in [1.29, 1.82) is 0 Å². The van der Waals surface area contributed by atoms with E-state index in [0.29, 0.717) is 0 Å². The summed E-state index contributed by atoms with van der Waals surface area (Å²) >= 11 is 3.63. The SMILES string of the molecule is CCCC1CCCCN1Cc1ccc(N)cc1Br. The van der Waals surface area contributed by atoms with Gasteiger partial charge in [0.25, 0.3) is 0 Å². The van der Waals surface area contributed by atoms with Crippen molar-refractivity contribution >= 4 is 21.6 Å².